The summed E-state index contributed by atoms with van der Waals surface area (Å²) in [6.07, 6.45) is 3.13. The molecule has 0 unspecified atom stereocenters. The molecule has 1 saturated heterocycles. The zero-order valence-electron chi connectivity index (χ0n) is 18.0. The summed E-state index contributed by atoms with van der Waals surface area (Å²) in [7, 11) is 2.11. The van der Waals surface area contributed by atoms with Crippen molar-refractivity contribution in [3.8, 4) is 5.69 Å². The van der Waals surface area contributed by atoms with Crippen molar-refractivity contribution in [1.82, 2.24) is 29.9 Å². The Labute approximate surface area is 187 Å². The zero-order valence-corrected chi connectivity index (χ0v) is 18.0. The Balaban J connectivity index is 1.38. The van der Waals surface area contributed by atoms with Gasteiger partial charge in [-0.05, 0) is 30.8 Å². The van der Waals surface area contributed by atoms with E-state index in [1.807, 2.05) is 24.3 Å². The standard InChI is InChI=1S/C23H27N7O2/c1-28-10-12-29(13-11-28)21(18-6-3-2-4-7-18)15-24-22(31)23(32)27-19-8-5-9-20(14-19)30-16-25-26-17-30/h2-9,14,16-17,21H,10-13,15H2,1H3,(H,24,31)(H,27,32)/t21-/m0/s1. The predicted octanol–water partition coefficient (Wildman–Crippen LogP) is 1.31. The zero-order chi connectivity index (χ0) is 22.3. The van der Waals surface area contributed by atoms with Crippen molar-refractivity contribution in [2.24, 2.45) is 0 Å². The summed E-state index contributed by atoms with van der Waals surface area (Å²) >= 11 is 0. The van der Waals surface area contributed by atoms with Crippen LogP contribution in [0.15, 0.2) is 67.3 Å². The van der Waals surface area contributed by atoms with Crippen LogP contribution < -0.4 is 10.6 Å². The Morgan fingerprint density at radius 3 is 2.38 bits per heavy atom. The summed E-state index contributed by atoms with van der Waals surface area (Å²) in [6, 6.07) is 17.2. The third-order valence-corrected chi connectivity index (χ3v) is 5.65. The number of nitrogens with zero attached hydrogens (tertiary/aromatic N) is 5. The van der Waals surface area contributed by atoms with Crippen LogP contribution in [0.2, 0.25) is 0 Å². The van der Waals surface area contributed by atoms with Gasteiger partial charge in [-0.3, -0.25) is 19.1 Å². The lowest BCUT2D eigenvalue weighted by molar-refractivity contribution is -0.136. The Kier molecular flexibility index (Phi) is 6.88. The van der Waals surface area contributed by atoms with Crippen LogP contribution in [0, 0.1) is 0 Å². The van der Waals surface area contributed by atoms with Gasteiger partial charge < -0.3 is 15.5 Å². The maximum Gasteiger partial charge on any atom is 0.313 e. The molecule has 3 aromatic rings. The molecule has 2 heterocycles. The molecule has 1 aliphatic heterocycles. The van der Waals surface area contributed by atoms with Gasteiger partial charge in [-0.25, -0.2) is 0 Å². The molecule has 2 N–H and O–H groups in total. The van der Waals surface area contributed by atoms with Gasteiger partial charge in [0.2, 0.25) is 0 Å². The third-order valence-electron chi connectivity index (χ3n) is 5.65. The number of hydrogen-bond acceptors (Lipinski definition) is 6. The average Bonchev–Trinajstić information content (AvgIpc) is 3.36. The van der Waals surface area contributed by atoms with E-state index in [0.717, 1.165) is 37.4 Å². The number of hydrogen-bond donors (Lipinski definition) is 2. The van der Waals surface area contributed by atoms with Gasteiger partial charge in [-0.1, -0.05) is 36.4 Å². The van der Waals surface area contributed by atoms with E-state index in [9.17, 15) is 9.59 Å². The van der Waals surface area contributed by atoms with Crippen molar-refractivity contribution in [2.75, 3.05) is 45.1 Å². The van der Waals surface area contributed by atoms with Gasteiger partial charge in [0.05, 0.1) is 11.7 Å². The van der Waals surface area contributed by atoms with Crippen LogP contribution in [0.4, 0.5) is 5.69 Å². The number of benzene rings is 2. The van der Waals surface area contributed by atoms with Crippen molar-refractivity contribution < 1.29 is 9.59 Å². The summed E-state index contributed by atoms with van der Waals surface area (Å²) in [4.78, 5) is 29.7. The lowest BCUT2D eigenvalue weighted by Gasteiger charge is -2.38. The molecule has 0 spiro atoms. The number of rotatable bonds is 6. The highest BCUT2D eigenvalue weighted by Gasteiger charge is 2.25. The molecule has 166 valence electrons. The van der Waals surface area contributed by atoms with Crippen LogP contribution >= 0.6 is 0 Å². The van der Waals surface area contributed by atoms with Gasteiger partial charge >= 0.3 is 11.8 Å². The number of nitrogens with one attached hydrogen (secondary N) is 2. The minimum Gasteiger partial charge on any atom is -0.346 e. The summed E-state index contributed by atoms with van der Waals surface area (Å²) < 4.78 is 1.72. The number of carbonyl (C=O) groups excluding carboxylic acids is 2. The van der Waals surface area contributed by atoms with Gasteiger partial charge in [0, 0.05) is 38.4 Å². The first-order valence-electron chi connectivity index (χ1n) is 10.6. The first-order chi connectivity index (χ1) is 15.6. The second kappa shape index (κ2) is 10.2. The Bertz CT molecular complexity index is 1030. The molecule has 1 aliphatic rings. The van der Waals surface area contributed by atoms with Crippen molar-refractivity contribution in [3.05, 3.63) is 72.8 Å². The van der Waals surface area contributed by atoms with Crippen molar-refractivity contribution in [3.63, 3.8) is 0 Å². The summed E-state index contributed by atoms with van der Waals surface area (Å²) in [5.74, 6) is -1.36. The Hall–Kier alpha value is -3.56. The normalized spacial score (nSPS) is 15.8. The van der Waals surface area contributed by atoms with Gasteiger partial charge in [0.1, 0.15) is 12.7 Å². The van der Waals surface area contributed by atoms with Crippen LogP contribution in [0.3, 0.4) is 0 Å². The number of likely N-dealkylation sites (N-methyl/N-ethyl adjacent to an activating group) is 1. The van der Waals surface area contributed by atoms with Crippen LogP contribution in [0.25, 0.3) is 5.69 Å². The molecule has 0 saturated carbocycles. The highest BCUT2D eigenvalue weighted by molar-refractivity contribution is 6.39. The quantitative estimate of drug-likeness (QED) is 0.569. The lowest BCUT2D eigenvalue weighted by atomic mass is 10.0. The second-order valence-corrected chi connectivity index (χ2v) is 7.85. The molecular weight excluding hydrogens is 406 g/mol. The van der Waals surface area contributed by atoms with Crippen molar-refractivity contribution in [1.29, 1.82) is 0 Å². The monoisotopic (exact) mass is 433 g/mol. The van der Waals surface area contributed by atoms with Crippen LogP contribution in [-0.4, -0.2) is 76.2 Å². The van der Waals surface area contributed by atoms with E-state index >= 15 is 0 Å². The number of piperazine rings is 1. The van der Waals surface area contributed by atoms with E-state index in [4.69, 9.17) is 0 Å². The van der Waals surface area contributed by atoms with Crippen molar-refractivity contribution >= 4 is 17.5 Å². The SMILES string of the molecule is CN1CCN([C@@H](CNC(=O)C(=O)Nc2cccc(-n3cnnc3)c2)c2ccccc2)CC1. The molecule has 2 amide bonds. The summed E-state index contributed by atoms with van der Waals surface area (Å²) in [5, 5.41) is 13.0. The molecular formula is C23H27N7O2. The third kappa shape index (κ3) is 5.37. The predicted molar refractivity (Wildman–Crippen MR) is 121 cm³/mol. The largest absolute Gasteiger partial charge is 0.346 e. The number of amides is 2. The molecule has 4 rings (SSSR count). The topological polar surface area (TPSA) is 95.4 Å². The lowest BCUT2D eigenvalue weighted by Crippen LogP contribution is -2.49. The maximum atomic E-state index is 12.6. The Morgan fingerprint density at radius 1 is 0.938 bits per heavy atom. The van der Waals surface area contributed by atoms with Gasteiger partial charge in [-0.15, -0.1) is 10.2 Å². The summed E-state index contributed by atoms with van der Waals surface area (Å²) in [6.45, 7) is 4.13. The first kappa shape index (κ1) is 21.7. The molecule has 0 aliphatic carbocycles. The molecule has 9 heteroatoms. The fourth-order valence-electron chi connectivity index (χ4n) is 3.80. The molecule has 9 nitrogen and oxygen atoms in total. The molecule has 2 aromatic carbocycles. The van der Waals surface area contributed by atoms with Crippen LogP contribution in [0.5, 0.6) is 0 Å². The smallest absolute Gasteiger partial charge is 0.313 e. The fourth-order valence-corrected chi connectivity index (χ4v) is 3.80. The van der Waals surface area contributed by atoms with Crippen molar-refractivity contribution in [2.45, 2.75) is 6.04 Å². The van der Waals surface area contributed by atoms with Gasteiger partial charge in [0.25, 0.3) is 0 Å². The number of carbonyl (C=O) groups is 2. The number of aromatic nitrogens is 3. The second-order valence-electron chi connectivity index (χ2n) is 7.85. The minimum atomic E-state index is -0.698. The molecule has 0 bridgehead atoms. The van der Waals surface area contributed by atoms with Gasteiger partial charge in [0.15, 0.2) is 0 Å². The Morgan fingerprint density at radius 2 is 1.66 bits per heavy atom. The molecule has 1 atom stereocenters. The van der Waals surface area contributed by atoms with E-state index in [1.165, 1.54) is 0 Å². The van der Waals surface area contributed by atoms with Gasteiger partial charge in [-0.2, -0.15) is 0 Å². The van der Waals surface area contributed by atoms with E-state index in [0.29, 0.717) is 12.2 Å². The highest BCUT2D eigenvalue weighted by Crippen LogP contribution is 2.21. The fraction of sp³-hybridized carbons (Fsp3) is 0.304. The van der Waals surface area contributed by atoms with E-state index < -0.39 is 11.8 Å². The van der Waals surface area contributed by atoms with Crippen LogP contribution in [0.1, 0.15) is 11.6 Å². The number of anilines is 1. The van der Waals surface area contributed by atoms with Crippen LogP contribution in [-0.2, 0) is 9.59 Å². The highest BCUT2D eigenvalue weighted by atomic mass is 16.2. The van der Waals surface area contributed by atoms with E-state index in [1.54, 1.807) is 35.4 Å². The van der Waals surface area contributed by atoms with E-state index in [-0.39, 0.29) is 6.04 Å². The minimum absolute atomic E-state index is 0.0127. The summed E-state index contributed by atoms with van der Waals surface area (Å²) in [5.41, 5.74) is 2.43. The first-order valence-corrected chi connectivity index (χ1v) is 10.6. The molecule has 1 aromatic heterocycles. The van der Waals surface area contributed by atoms with E-state index in [2.05, 4.69) is 49.8 Å². The average molecular weight is 434 g/mol. The maximum absolute atomic E-state index is 12.6. The molecule has 0 radical (unpaired) electrons. The molecule has 32 heavy (non-hydrogen) atoms. The molecule has 1 fully saturated rings.